The van der Waals surface area contributed by atoms with E-state index in [0.717, 1.165) is 16.9 Å². The number of nitrogens with zero attached hydrogens (tertiary/aromatic N) is 3. The van der Waals surface area contributed by atoms with E-state index in [9.17, 15) is 5.11 Å². The standard InChI is InChI=1S/C16H23BN3O2/c1-12-7-6-8-14(19-12)11-20-10-13(9-18-20)17-22-16(4,5)15(2,3)21/h6-10,21H,11H2,1-5H3. The molecule has 1 radical (unpaired) electrons. The summed E-state index contributed by atoms with van der Waals surface area (Å²) >= 11 is 0. The molecule has 117 valence electrons. The van der Waals surface area contributed by atoms with E-state index in [4.69, 9.17) is 4.65 Å². The van der Waals surface area contributed by atoms with Gasteiger partial charge < -0.3 is 9.76 Å². The molecule has 2 aromatic rings. The molecule has 2 heterocycles. The maximum Gasteiger partial charge on any atom is 0.334 e. The van der Waals surface area contributed by atoms with Crippen molar-refractivity contribution in [2.45, 2.75) is 52.4 Å². The molecule has 2 rings (SSSR count). The zero-order chi connectivity index (χ0) is 16.4. The first-order chi connectivity index (χ1) is 10.2. The summed E-state index contributed by atoms with van der Waals surface area (Å²) in [6, 6.07) is 5.94. The van der Waals surface area contributed by atoms with Crippen LogP contribution in [0, 0.1) is 6.92 Å². The molecule has 0 aliphatic rings. The Labute approximate surface area is 132 Å². The van der Waals surface area contributed by atoms with Crippen LogP contribution < -0.4 is 5.46 Å². The van der Waals surface area contributed by atoms with Gasteiger partial charge in [0.15, 0.2) is 0 Å². The average molecular weight is 300 g/mol. The summed E-state index contributed by atoms with van der Waals surface area (Å²) in [5, 5.41) is 14.4. The van der Waals surface area contributed by atoms with Crippen molar-refractivity contribution in [3.8, 4) is 0 Å². The van der Waals surface area contributed by atoms with Crippen molar-refractivity contribution in [3.05, 3.63) is 42.0 Å². The van der Waals surface area contributed by atoms with Crippen molar-refractivity contribution in [1.82, 2.24) is 14.8 Å². The number of hydrogen-bond acceptors (Lipinski definition) is 4. The van der Waals surface area contributed by atoms with Crippen molar-refractivity contribution in [3.63, 3.8) is 0 Å². The zero-order valence-electron chi connectivity index (χ0n) is 13.9. The molecule has 0 spiro atoms. The Kier molecular flexibility index (Phi) is 4.73. The molecule has 2 aromatic heterocycles. The molecule has 0 bridgehead atoms. The van der Waals surface area contributed by atoms with E-state index in [1.807, 2.05) is 49.8 Å². The third-order valence-corrected chi connectivity index (χ3v) is 3.89. The maximum absolute atomic E-state index is 10.1. The van der Waals surface area contributed by atoms with Gasteiger partial charge in [0.1, 0.15) is 0 Å². The van der Waals surface area contributed by atoms with E-state index >= 15 is 0 Å². The van der Waals surface area contributed by atoms with Gasteiger partial charge in [-0.3, -0.25) is 9.67 Å². The van der Waals surface area contributed by atoms with Crippen LogP contribution in [0.25, 0.3) is 0 Å². The summed E-state index contributed by atoms with van der Waals surface area (Å²) in [7, 11) is 1.63. The van der Waals surface area contributed by atoms with E-state index in [1.165, 1.54) is 0 Å². The first-order valence-corrected chi connectivity index (χ1v) is 7.36. The fourth-order valence-corrected chi connectivity index (χ4v) is 1.74. The molecule has 0 aliphatic heterocycles. The van der Waals surface area contributed by atoms with Gasteiger partial charge in [0.2, 0.25) is 0 Å². The summed E-state index contributed by atoms with van der Waals surface area (Å²) in [5.74, 6) is 0. The molecular weight excluding hydrogens is 277 g/mol. The van der Waals surface area contributed by atoms with E-state index in [1.54, 1.807) is 27.5 Å². The van der Waals surface area contributed by atoms with Crippen LogP contribution in [-0.2, 0) is 11.2 Å². The van der Waals surface area contributed by atoms with Gasteiger partial charge in [-0.2, -0.15) is 5.10 Å². The average Bonchev–Trinajstić information content (AvgIpc) is 2.83. The smallest absolute Gasteiger partial charge is 0.334 e. The Morgan fingerprint density at radius 3 is 2.64 bits per heavy atom. The van der Waals surface area contributed by atoms with Crippen LogP contribution in [0.15, 0.2) is 30.6 Å². The van der Waals surface area contributed by atoms with Crippen molar-refractivity contribution in [1.29, 1.82) is 0 Å². The summed E-state index contributed by atoms with van der Waals surface area (Å²) in [4.78, 5) is 4.46. The number of hydrogen-bond donors (Lipinski definition) is 1. The lowest BCUT2D eigenvalue weighted by Gasteiger charge is -2.37. The highest BCUT2D eigenvalue weighted by Gasteiger charge is 2.35. The van der Waals surface area contributed by atoms with Crippen LogP contribution in [0.3, 0.4) is 0 Å². The van der Waals surface area contributed by atoms with Crippen molar-refractivity contribution < 1.29 is 9.76 Å². The highest BCUT2D eigenvalue weighted by Crippen LogP contribution is 2.24. The van der Waals surface area contributed by atoms with Gasteiger partial charge in [0.25, 0.3) is 0 Å². The molecule has 0 unspecified atom stereocenters. The van der Waals surface area contributed by atoms with Crippen LogP contribution in [0.5, 0.6) is 0 Å². The Balaban J connectivity index is 1.97. The summed E-state index contributed by atoms with van der Waals surface area (Å²) in [6.07, 6.45) is 3.63. The molecule has 0 saturated carbocycles. The van der Waals surface area contributed by atoms with Crippen LogP contribution in [0.2, 0.25) is 0 Å². The number of aryl methyl sites for hydroxylation is 1. The van der Waals surface area contributed by atoms with Gasteiger partial charge in [-0.05, 0) is 52.2 Å². The maximum atomic E-state index is 10.1. The minimum absolute atomic E-state index is 0.615. The molecule has 22 heavy (non-hydrogen) atoms. The minimum atomic E-state index is -0.940. The van der Waals surface area contributed by atoms with Crippen LogP contribution in [0.1, 0.15) is 39.1 Å². The Bertz CT molecular complexity index is 632. The summed E-state index contributed by atoms with van der Waals surface area (Å²) in [5.41, 5.74) is 1.18. The second-order valence-electron chi connectivity index (χ2n) is 6.55. The molecule has 6 heteroatoms. The van der Waals surface area contributed by atoms with E-state index < -0.39 is 11.2 Å². The van der Waals surface area contributed by atoms with E-state index in [-0.39, 0.29) is 0 Å². The summed E-state index contributed by atoms with van der Waals surface area (Å²) in [6.45, 7) is 9.75. The molecule has 5 nitrogen and oxygen atoms in total. The molecule has 0 amide bonds. The quantitative estimate of drug-likeness (QED) is 0.820. The van der Waals surface area contributed by atoms with Gasteiger partial charge in [0, 0.05) is 18.1 Å². The lowest BCUT2D eigenvalue weighted by atomic mass is 9.84. The number of aliphatic hydroxyl groups is 1. The SMILES string of the molecule is Cc1cccc(Cn2cc([B]OC(C)(C)C(C)(C)O)cn2)n1. The van der Waals surface area contributed by atoms with E-state index in [2.05, 4.69) is 10.1 Å². The number of aromatic nitrogens is 3. The van der Waals surface area contributed by atoms with E-state index in [0.29, 0.717) is 6.54 Å². The largest absolute Gasteiger partial charge is 0.427 e. The highest BCUT2D eigenvalue weighted by molar-refractivity contribution is 6.46. The zero-order valence-corrected chi connectivity index (χ0v) is 13.9. The van der Waals surface area contributed by atoms with Crippen molar-refractivity contribution in [2.24, 2.45) is 0 Å². The van der Waals surface area contributed by atoms with Crippen molar-refractivity contribution >= 4 is 12.9 Å². The number of rotatable bonds is 6. The predicted molar refractivity (Wildman–Crippen MR) is 87.2 cm³/mol. The Morgan fingerprint density at radius 1 is 1.27 bits per heavy atom. The van der Waals surface area contributed by atoms with Gasteiger partial charge in [-0.1, -0.05) is 6.07 Å². The van der Waals surface area contributed by atoms with Crippen LogP contribution in [0.4, 0.5) is 0 Å². The Morgan fingerprint density at radius 2 is 2.00 bits per heavy atom. The van der Waals surface area contributed by atoms with Gasteiger partial charge >= 0.3 is 7.48 Å². The first kappa shape index (κ1) is 16.7. The normalized spacial score (nSPS) is 12.5. The first-order valence-electron chi connectivity index (χ1n) is 7.36. The minimum Gasteiger partial charge on any atom is -0.427 e. The molecule has 0 aliphatic carbocycles. The molecular formula is C16H23BN3O2. The number of pyridine rings is 1. The van der Waals surface area contributed by atoms with Crippen LogP contribution >= 0.6 is 0 Å². The van der Waals surface area contributed by atoms with Gasteiger partial charge in [0.05, 0.1) is 23.4 Å². The molecule has 1 N–H and O–H groups in total. The lowest BCUT2D eigenvalue weighted by Crippen LogP contribution is -2.49. The monoisotopic (exact) mass is 300 g/mol. The lowest BCUT2D eigenvalue weighted by molar-refractivity contribution is -0.0893. The second-order valence-corrected chi connectivity index (χ2v) is 6.55. The molecule has 0 aromatic carbocycles. The Hall–Kier alpha value is -1.66. The van der Waals surface area contributed by atoms with Gasteiger partial charge in [-0.15, -0.1) is 0 Å². The molecule has 0 atom stereocenters. The molecule has 0 fully saturated rings. The second kappa shape index (κ2) is 6.22. The predicted octanol–water partition coefficient (Wildman–Crippen LogP) is 1.45. The summed E-state index contributed by atoms with van der Waals surface area (Å²) < 4.78 is 7.53. The van der Waals surface area contributed by atoms with Gasteiger partial charge in [-0.25, -0.2) is 0 Å². The third kappa shape index (κ3) is 4.18. The topological polar surface area (TPSA) is 60.2 Å². The fraction of sp³-hybridized carbons (Fsp3) is 0.500. The van der Waals surface area contributed by atoms with Crippen molar-refractivity contribution in [2.75, 3.05) is 0 Å². The fourth-order valence-electron chi connectivity index (χ4n) is 1.74. The highest BCUT2D eigenvalue weighted by atomic mass is 16.5. The third-order valence-electron chi connectivity index (χ3n) is 3.89. The van der Waals surface area contributed by atoms with Crippen LogP contribution in [-0.4, -0.2) is 38.6 Å². The molecule has 0 saturated heterocycles.